The number of rotatable bonds is 3. The molecular weight excluding hydrogens is 399 g/mol. The third kappa shape index (κ3) is 5.37. The number of ether oxygens (including phenoxy) is 1. The lowest BCUT2D eigenvalue weighted by Crippen LogP contribution is -2.68. The molecule has 30 heavy (non-hydrogen) atoms. The first-order valence-electron chi connectivity index (χ1n) is 9.93. The van der Waals surface area contributed by atoms with Crippen molar-refractivity contribution >= 4 is 17.8 Å². The molecule has 1 N–H and O–H groups in total. The minimum atomic E-state index is -4.30. The lowest BCUT2D eigenvalue weighted by atomic mass is 9.60. The molecule has 1 saturated heterocycles. The highest BCUT2D eigenvalue weighted by molar-refractivity contribution is 5.89. The zero-order chi connectivity index (χ0) is 22.3. The normalized spacial score (nSPS) is 18.4. The average Bonchev–Trinajstić information content (AvgIpc) is 2.48. The van der Waals surface area contributed by atoms with E-state index >= 15 is 0 Å². The second-order valence-electron chi connectivity index (χ2n) is 9.43. The third-order valence-electron chi connectivity index (χ3n) is 5.49. The predicted octanol–water partition coefficient (Wildman–Crippen LogP) is 4.65. The van der Waals surface area contributed by atoms with Crippen LogP contribution < -0.4 is 5.32 Å². The Bertz CT molecular complexity index is 806. The minimum absolute atomic E-state index is 0.0305. The van der Waals surface area contributed by atoms with Crippen molar-refractivity contribution in [2.45, 2.75) is 57.9 Å². The molecule has 1 spiro atoms. The van der Waals surface area contributed by atoms with Gasteiger partial charge in [-0.2, -0.15) is 13.2 Å². The number of alkyl halides is 3. The summed E-state index contributed by atoms with van der Waals surface area (Å²) >= 11 is 0. The number of carbonyl (C=O) groups is 2. The van der Waals surface area contributed by atoms with E-state index in [1.54, 1.807) is 22.9 Å². The topological polar surface area (TPSA) is 61.9 Å². The number of hydrogen-bond donors (Lipinski definition) is 1. The van der Waals surface area contributed by atoms with E-state index in [4.69, 9.17) is 4.74 Å². The Morgan fingerprint density at radius 3 is 2.43 bits per heavy atom. The molecule has 0 unspecified atom stereocenters. The van der Waals surface area contributed by atoms with Gasteiger partial charge in [0.2, 0.25) is 0 Å². The van der Waals surface area contributed by atoms with Crippen molar-refractivity contribution in [3.8, 4) is 0 Å². The van der Waals surface area contributed by atoms with Crippen molar-refractivity contribution in [1.82, 2.24) is 9.80 Å². The van der Waals surface area contributed by atoms with Crippen LogP contribution in [0.2, 0.25) is 0 Å². The fourth-order valence-electron chi connectivity index (χ4n) is 4.06. The van der Waals surface area contributed by atoms with Crippen LogP contribution in [0.25, 0.3) is 0 Å². The Morgan fingerprint density at radius 1 is 1.23 bits per heavy atom. The Morgan fingerprint density at radius 2 is 1.87 bits per heavy atom. The van der Waals surface area contributed by atoms with E-state index in [9.17, 15) is 22.8 Å². The quantitative estimate of drug-likeness (QED) is 0.764. The lowest BCUT2D eigenvalue weighted by molar-refractivity contribution is -0.127. The number of anilines is 1. The summed E-state index contributed by atoms with van der Waals surface area (Å²) in [5.41, 5.74) is -0.0647. The summed E-state index contributed by atoms with van der Waals surface area (Å²) in [5, 5.41) is 2.67. The predicted molar refractivity (Wildman–Crippen MR) is 106 cm³/mol. The van der Waals surface area contributed by atoms with Gasteiger partial charge in [-0.3, -0.25) is 0 Å². The fraction of sp³-hybridized carbons (Fsp3) is 0.619. The van der Waals surface area contributed by atoms with Crippen molar-refractivity contribution in [1.29, 1.82) is 0 Å². The number of halogens is 3. The van der Waals surface area contributed by atoms with E-state index in [0.29, 0.717) is 18.8 Å². The van der Waals surface area contributed by atoms with Crippen LogP contribution >= 0.6 is 0 Å². The van der Waals surface area contributed by atoms with Gasteiger partial charge >= 0.3 is 18.3 Å². The number of urea groups is 1. The number of benzene rings is 1. The molecular formula is C21H28F3N3O3. The molecule has 166 valence electrons. The Kier molecular flexibility index (Phi) is 5.68. The first-order valence-corrected chi connectivity index (χ1v) is 9.93. The van der Waals surface area contributed by atoms with Gasteiger partial charge in [-0.1, -0.05) is 12.1 Å². The van der Waals surface area contributed by atoms with Crippen LogP contribution in [0.5, 0.6) is 0 Å². The van der Waals surface area contributed by atoms with Crippen LogP contribution in [0.1, 0.15) is 39.2 Å². The average molecular weight is 427 g/mol. The zero-order valence-electron chi connectivity index (χ0n) is 17.7. The maximum atomic E-state index is 12.6. The molecule has 0 radical (unpaired) electrons. The van der Waals surface area contributed by atoms with E-state index in [-0.39, 0.29) is 29.1 Å². The molecule has 2 fully saturated rings. The second kappa shape index (κ2) is 7.67. The van der Waals surface area contributed by atoms with E-state index in [1.807, 2.05) is 20.8 Å². The maximum absolute atomic E-state index is 12.6. The van der Waals surface area contributed by atoms with E-state index < -0.39 is 18.2 Å². The summed E-state index contributed by atoms with van der Waals surface area (Å²) < 4.78 is 43.1. The summed E-state index contributed by atoms with van der Waals surface area (Å²) in [7, 11) is 1.68. The number of amides is 3. The van der Waals surface area contributed by atoms with Crippen molar-refractivity contribution in [3.05, 3.63) is 29.8 Å². The number of hydrogen-bond acceptors (Lipinski definition) is 3. The maximum Gasteiger partial charge on any atom is 0.410 e. The van der Waals surface area contributed by atoms with Crippen LogP contribution in [0.4, 0.5) is 28.4 Å². The summed E-state index contributed by atoms with van der Waals surface area (Å²) in [6.45, 7) is 6.71. The third-order valence-corrected chi connectivity index (χ3v) is 5.49. The zero-order valence-corrected chi connectivity index (χ0v) is 17.7. The number of nitrogens with one attached hydrogen (secondary N) is 1. The highest BCUT2D eigenvalue weighted by Gasteiger charge is 2.55. The molecule has 1 aromatic rings. The number of likely N-dealkylation sites (tertiary alicyclic amines) is 1. The van der Waals surface area contributed by atoms with Crippen LogP contribution in [0.15, 0.2) is 24.3 Å². The lowest BCUT2D eigenvalue weighted by Gasteiger charge is -2.60. The van der Waals surface area contributed by atoms with Gasteiger partial charge in [0.05, 0.1) is 6.42 Å². The van der Waals surface area contributed by atoms with Crippen LogP contribution in [-0.2, 0) is 11.2 Å². The highest BCUT2D eigenvalue weighted by atomic mass is 19.4. The molecule has 0 atom stereocenters. The second-order valence-corrected chi connectivity index (χ2v) is 9.43. The van der Waals surface area contributed by atoms with Gasteiger partial charge < -0.3 is 19.9 Å². The van der Waals surface area contributed by atoms with Gasteiger partial charge in [-0.25, -0.2) is 9.59 Å². The molecule has 2 aliphatic rings. The molecule has 1 saturated carbocycles. The van der Waals surface area contributed by atoms with Crippen molar-refractivity contribution in [3.63, 3.8) is 0 Å². The first kappa shape index (κ1) is 22.2. The molecule has 3 amide bonds. The minimum Gasteiger partial charge on any atom is -0.444 e. The van der Waals surface area contributed by atoms with Crippen molar-refractivity contribution in [2.24, 2.45) is 5.41 Å². The van der Waals surface area contributed by atoms with Crippen molar-refractivity contribution in [2.75, 3.05) is 25.5 Å². The monoisotopic (exact) mass is 427 g/mol. The van der Waals surface area contributed by atoms with Gasteiger partial charge in [0, 0.05) is 37.3 Å². The van der Waals surface area contributed by atoms with Gasteiger partial charge in [-0.15, -0.1) is 0 Å². The Balaban J connectivity index is 1.47. The summed E-state index contributed by atoms with van der Waals surface area (Å²) in [6.07, 6.45) is -4.09. The summed E-state index contributed by atoms with van der Waals surface area (Å²) in [6, 6.07) is 5.46. The highest BCUT2D eigenvalue weighted by Crippen LogP contribution is 2.50. The fourth-order valence-corrected chi connectivity index (χ4v) is 4.06. The molecule has 0 bridgehead atoms. The van der Waals surface area contributed by atoms with Gasteiger partial charge in [0.25, 0.3) is 0 Å². The first-order chi connectivity index (χ1) is 13.8. The van der Waals surface area contributed by atoms with Crippen LogP contribution in [0.3, 0.4) is 0 Å². The molecule has 1 aliphatic heterocycles. The standard InChI is InChI=1S/C21H28F3N3O3/c1-19(2,3)30-18(29)27-12-20(13-27)10-16(11-20)26(4)17(28)25-15-7-5-6-14(8-15)9-21(22,23)24/h5-8,16H,9-13H2,1-4H3,(H,25,28). The molecule has 1 heterocycles. The van der Waals surface area contributed by atoms with Crippen molar-refractivity contribution < 1.29 is 27.5 Å². The molecule has 9 heteroatoms. The Labute approximate surface area is 174 Å². The molecule has 1 aromatic carbocycles. The Hall–Kier alpha value is -2.45. The van der Waals surface area contributed by atoms with E-state index in [2.05, 4.69) is 5.32 Å². The SMILES string of the molecule is CN(C(=O)Nc1cccc(CC(F)(F)F)c1)C1CC2(C1)CN(C(=O)OC(C)(C)C)C2. The van der Waals surface area contributed by atoms with E-state index in [1.165, 1.54) is 18.2 Å². The summed E-state index contributed by atoms with van der Waals surface area (Å²) in [5.74, 6) is 0. The van der Waals surface area contributed by atoms with Gasteiger partial charge in [0.1, 0.15) is 5.60 Å². The number of nitrogens with zero attached hydrogens (tertiary/aromatic N) is 2. The van der Waals surface area contributed by atoms with Gasteiger partial charge in [-0.05, 0) is 51.3 Å². The van der Waals surface area contributed by atoms with Crippen LogP contribution in [-0.4, -0.2) is 59.9 Å². The molecule has 0 aromatic heterocycles. The van der Waals surface area contributed by atoms with E-state index in [0.717, 1.165) is 12.8 Å². The molecule has 3 rings (SSSR count). The summed E-state index contributed by atoms with van der Waals surface area (Å²) in [4.78, 5) is 27.8. The van der Waals surface area contributed by atoms with Gasteiger partial charge in [0.15, 0.2) is 0 Å². The van der Waals surface area contributed by atoms with Crippen LogP contribution in [0, 0.1) is 5.41 Å². The number of carbonyl (C=O) groups excluding carboxylic acids is 2. The smallest absolute Gasteiger partial charge is 0.410 e. The largest absolute Gasteiger partial charge is 0.444 e. The molecule has 1 aliphatic carbocycles. The molecule has 6 nitrogen and oxygen atoms in total.